The number of benzene rings is 1. The van der Waals surface area contributed by atoms with Crippen LogP contribution in [-0.4, -0.2) is 26.8 Å². The molecule has 9 heteroatoms. The number of aromatic nitrogens is 2. The largest absolute Gasteiger partial charge is 0.379 e. The van der Waals surface area contributed by atoms with E-state index in [1.807, 2.05) is 18.2 Å². The van der Waals surface area contributed by atoms with E-state index >= 15 is 0 Å². The fourth-order valence-corrected chi connectivity index (χ4v) is 4.80. The lowest BCUT2D eigenvalue weighted by Gasteiger charge is -2.36. The minimum Gasteiger partial charge on any atom is -0.379 e. The summed E-state index contributed by atoms with van der Waals surface area (Å²) in [7, 11) is 0. The summed E-state index contributed by atoms with van der Waals surface area (Å²) in [4.78, 5) is 25.1. The number of carbonyl (C=O) groups excluding carboxylic acids is 1. The number of hydrogen-bond donors (Lipinski definition) is 2. The molecular formula is C18H21Cl2N5OS. The molecule has 144 valence electrons. The number of anilines is 1. The highest BCUT2D eigenvalue weighted by Gasteiger charge is 2.46. The molecule has 2 aliphatic rings. The standard InChI is InChI=1S/C18H19N5OS.2ClH/c19-17-23-18(7-2-5-13(18)11-25-17)12-4-1-6-14(10-12)22-16(24)15-20-8-3-9-21-15;;/h1,3-4,6,8-10,13H,2,5,7,11H2,(H2,19,23)(H,22,24);2*1H/t13?,18-;;/m1../s1. The van der Waals surface area contributed by atoms with Crippen LogP contribution < -0.4 is 11.1 Å². The normalized spacial score (nSPS) is 23.3. The highest BCUT2D eigenvalue weighted by Crippen LogP contribution is 2.50. The number of fused-ring (bicyclic) bond motifs is 1. The van der Waals surface area contributed by atoms with Crippen molar-refractivity contribution in [2.45, 2.75) is 24.8 Å². The number of carbonyl (C=O) groups is 1. The number of amidine groups is 1. The van der Waals surface area contributed by atoms with Gasteiger partial charge in [-0.25, -0.2) is 9.97 Å². The van der Waals surface area contributed by atoms with Crippen molar-refractivity contribution in [1.29, 1.82) is 0 Å². The van der Waals surface area contributed by atoms with Gasteiger partial charge >= 0.3 is 0 Å². The first-order chi connectivity index (χ1) is 12.2. The van der Waals surface area contributed by atoms with Crippen molar-refractivity contribution >= 4 is 53.3 Å². The van der Waals surface area contributed by atoms with Crippen LogP contribution in [0.1, 0.15) is 35.4 Å². The van der Waals surface area contributed by atoms with E-state index in [1.54, 1.807) is 30.2 Å². The number of amides is 1. The molecule has 6 nitrogen and oxygen atoms in total. The minimum atomic E-state index is -0.319. The Morgan fingerprint density at radius 3 is 2.78 bits per heavy atom. The molecule has 4 rings (SSSR count). The van der Waals surface area contributed by atoms with E-state index in [1.165, 1.54) is 0 Å². The van der Waals surface area contributed by atoms with Crippen LogP contribution in [0.5, 0.6) is 0 Å². The number of thioether (sulfide) groups is 1. The van der Waals surface area contributed by atoms with Gasteiger partial charge in [0.1, 0.15) is 0 Å². The highest BCUT2D eigenvalue weighted by molar-refractivity contribution is 8.13. The molecule has 1 aliphatic heterocycles. The van der Waals surface area contributed by atoms with Gasteiger partial charge in [0.2, 0.25) is 5.82 Å². The first kappa shape index (κ1) is 21.5. The van der Waals surface area contributed by atoms with Gasteiger partial charge in [-0.3, -0.25) is 9.79 Å². The number of halogens is 2. The molecule has 0 saturated heterocycles. The average molecular weight is 426 g/mol. The zero-order chi connectivity index (χ0) is 17.3. The highest BCUT2D eigenvalue weighted by atomic mass is 35.5. The predicted octanol–water partition coefficient (Wildman–Crippen LogP) is 3.63. The Labute approximate surface area is 174 Å². The second-order valence-electron chi connectivity index (χ2n) is 6.38. The Morgan fingerprint density at radius 1 is 1.22 bits per heavy atom. The second kappa shape index (κ2) is 8.91. The van der Waals surface area contributed by atoms with Gasteiger partial charge in [-0.05, 0) is 42.5 Å². The van der Waals surface area contributed by atoms with Crippen LogP contribution in [0.4, 0.5) is 5.69 Å². The summed E-state index contributed by atoms with van der Waals surface area (Å²) < 4.78 is 0. The summed E-state index contributed by atoms with van der Waals surface area (Å²) in [6.07, 6.45) is 6.42. The minimum absolute atomic E-state index is 0. The lowest BCUT2D eigenvalue weighted by molar-refractivity contribution is 0.101. The molecule has 27 heavy (non-hydrogen) atoms. The maximum absolute atomic E-state index is 12.3. The Balaban J connectivity index is 0.00000131. The quantitative estimate of drug-likeness (QED) is 0.782. The van der Waals surface area contributed by atoms with Gasteiger partial charge in [0.25, 0.3) is 5.91 Å². The fraction of sp³-hybridized carbons (Fsp3) is 0.333. The van der Waals surface area contributed by atoms with Crippen molar-refractivity contribution in [2.24, 2.45) is 16.6 Å². The van der Waals surface area contributed by atoms with E-state index in [2.05, 4.69) is 21.4 Å². The van der Waals surface area contributed by atoms with E-state index in [0.717, 1.165) is 36.3 Å². The van der Waals surface area contributed by atoms with Crippen LogP contribution in [0.3, 0.4) is 0 Å². The van der Waals surface area contributed by atoms with Gasteiger partial charge in [-0.1, -0.05) is 30.3 Å². The van der Waals surface area contributed by atoms with E-state index in [0.29, 0.717) is 11.1 Å². The summed E-state index contributed by atoms with van der Waals surface area (Å²) in [5, 5.41) is 3.53. The van der Waals surface area contributed by atoms with Crippen LogP contribution in [0.25, 0.3) is 0 Å². The Bertz CT molecular complexity index is 836. The van der Waals surface area contributed by atoms with Crippen LogP contribution in [-0.2, 0) is 5.54 Å². The SMILES string of the molecule is Cl.Cl.NC1=N[C@@]2(c3cccc(NC(=O)c4ncccn4)c3)CCCC2CS1. The van der Waals surface area contributed by atoms with Gasteiger partial charge in [0, 0.05) is 23.8 Å². The van der Waals surface area contributed by atoms with Crippen LogP contribution >= 0.6 is 36.6 Å². The molecule has 3 N–H and O–H groups in total. The van der Waals surface area contributed by atoms with Crippen LogP contribution in [0, 0.1) is 5.92 Å². The summed E-state index contributed by atoms with van der Waals surface area (Å²) in [5.74, 6) is 1.33. The van der Waals surface area contributed by atoms with Crippen molar-refractivity contribution in [1.82, 2.24) is 9.97 Å². The van der Waals surface area contributed by atoms with Crippen LogP contribution in [0.2, 0.25) is 0 Å². The number of nitrogens with two attached hydrogens (primary N) is 1. The second-order valence-corrected chi connectivity index (χ2v) is 7.42. The van der Waals surface area contributed by atoms with Crippen molar-refractivity contribution in [2.75, 3.05) is 11.1 Å². The molecular weight excluding hydrogens is 405 g/mol. The van der Waals surface area contributed by atoms with Gasteiger partial charge in [0.05, 0.1) is 5.54 Å². The Morgan fingerprint density at radius 2 is 2.00 bits per heavy atom. The third kappa shape index (κ3) is 4.20. The predicted molar refractivity (Wildman–Crippen MR) is 114 cm³/mol. The van der Waals surface area contributed by atoms with E-state index in [4.69, 9.17) is 10.7 Å². The molecule has 1 saturated carbocycles. The maximum Gasteiger partial charge on any atom is 0.293 e. The number of aliphatic imine (C=N–C) groups is 1. The Hall–Kier alpha value is -1.83. The summed E-state index contributed by atoms with van der Waals surface area (Å²) in [6, 6.07) is 9.59. The summed E-state index contributed by atoms with van der Waals surface area (Å²) in [5.41, 5.74) is 7.62. The molecule has 1 amide bonds. The fourth-order valence-electron chi connectivity index (χ4n) is 3.76. The zero-order valence-electron chi connectivity index (χ0n) is 14.5. The monoisotopic (exact) mass is 425 g/mol. The van der Waals surface area contributed by atoms with Crippen molar-refractivity contribution in [3.05, 3.63) is 54.1 Å². The third-order valence-corrected chi connectivity index (χ3v) is 5.87. The van der Waals surface area contributed by atoms with E-state index in [-0.39, 0.29) is 42.1 Å². The lowest BCUT2D eigenvalue weighted by Crippen LogP contribution is -2.36. The van der Waals surface area contributed by atoms with Crippen molar-refractivity contribution in [3.8, 4) is 0 Å². The molecule has 1 fully saturated rings. The number of nitrogens with one attached hydrogen (secondary N) is 1. The van der Waals surface area contributed by atoms with Gasteiger partial charge in [-0.2, -0.15) is 0 Å². The molecule has 0 radical (unpaired) electrons. The molecule has 2 aromatic rings. The van der Waals surface area contributed by atoms with Gasteiger partial charge < -0.3 is 11.1 Å². The molecule has 0 spiro atoms. The third-order valence-electron chi connectivity index (χ3n) is 4.92. The molecule has 1 aliphatic carbocycles. The van der Waals surface area contributed by atoms with Crippen LogP contribution in [0.15, 0.2) is 47.7 Å². The lowest BCUT2D eigenvalue weighted by atomic mass is 9.81. The maximum atomic E-state index is 12.3. The smallest absolute Gasteiger partial charge is 0.293 e. The number of hydrogen-bond acceptors (Lipinski definition) is 6. The molecule has 0 bridgehead atoms. The average Bonchev–Trinajstić information content (AvgIpc) is 3.07. The molecule has 2 heterocycles. The van der Waals surface area contributed by atoms with Gasteiger partial charge in [-0.15, -0.1) is 24.8 Å². The van der Waals surface area contributed by atoms with Crippen molar-refractivity contribution < 1.29 is 4.79 Å². The van der Waals surface area contributed by atoms with Crippen molar-refractivity contribution in [3.63, 3.8) is 0 Å². The van der Waals surface area contributed by atoms with E-state index in [9.17, 15) is 4.79 Å². The number of nitrogens with zero attached hydrogens (tertiary/aromatic N) is 3. The topological polar surface area (TPSA) is 93.3 Å². The molecule has 1 aromatic carbocycles. The van der Waals surface area contributed by atoms with Gasteiger partial charge in [0.15, 0.2) is 5.17 Å². The first-order valence-electron chi connectivity index (χ1n) is 8.34. The molecule has 1 aromatic heterocycles. The summed E-state index contributed by atoms with van der Waals surface area (Å²) >= 11 is 1.64. The Kier molecular flexibility index (Phi) is 7.08. The number of rotatable bonds is 3. The first-order valence-corrected chi connectivity index (χ1v) is 9.33. The van der Waals surface area contributed by atoms with E-state index < -0.39 is 0 Å². The molecule has 2 atom stereocenters. The summed E-state index contributed by atoms with van der Waals surface area (Å²) in [6.45, 7) is 0. The zero-order valence-corrected chi connectivity index (χ0v) is 16.9. The molecule has 1 unspecified atom stereocenters.